The maximum absolute atomic E-state index is 11.5. The van der Waals surface area contributed by atoms with Gasteiger partial charge in [-0.2, -0.15) is 12.6 Å². The molecule has 0 aromatic carbocycles. The molecule has 0 saturated heterocycles. The molecule has 0 bridgehead atoms. The Morgan fingerprint density at radius 3 is 3.00 bits per heavy atom. The third kappa shape index (κ3) is 3.64. The van der Waals surface area contributed by atoms with Crippen LogP contribution in [0.15, 0.2) is 6.08 Å². The van der Waals surface area contributed by atoms with Gasteiger partial charge in [-0.15, -0.1) is 11.3 Å². The van der Waals surface area contributed by atoms with Crippen molar-refractivity contribution in [2.45, 2.75) is 20.3 Å². The number of thiazole rings is 1. The lowest BCUT2D eigenvalue weighted by molar-refractivity contribution is 0.0531. The highest BCUT2D eigenvalue weighted by Gasteiger charge is 2.14. The van der Waals surface area contributed by atoms with E-state index < -0.39 is 0 Å². The summed E-state index contributed by atoms with van der Waals surface area (Å²) in [4.78, 5) is 16.4. The number of aryl methyl sites for hydroxylation is 1. The summed E-state index contributed by atoms with van der Waals surface area (Å²) in [5.41, 5.74) is 0.731. The van der Waals surface area contributed by atoms with Crippen LogP contribution in [0.25, 0.3) is 6.08 Å². The first-order chi connectivity index (χ1) is 7.69. The first kappa shape index (κ1) is 13.3. The molecule has 0 N–H and O–H groups in total. The maximum atomic E-state index is 11.5. The van der Waals surface area contributed by atoms with E-state index in [0.717, 1.165) is 22.9 Å². The number of carbonyl (C=O) groups is 1. The fourth-order valence-electron chi connectivity index (χ4n) is 1.13. The molecular weight excluding hydrogens is 242 g/mol. The largest absolute Gasteiger partial charge is 0.462 e. The molecule has 3 nitrogen and oxygen atoms in total. The Kier molecular flexibility index (Phi) is 5.55. The summed E-state index contributed by atoms with van der Waals surface area (Å²) >= 11 is 5.47. The Labute approximate surface area is 105 Å². The van der Waals surface area contributed by atoms with Crippen molar-refractivity contribution in [1.29, 1.82) is 0 Å². The Bertz CT molecular complexity index is 385. The van der Waals surface area contributed by atoms with Crippen LogP contribution in [0.5, 0.6) is 0 Å². The molecule has 1 aromatic rings. The SMILES string of the molecule is CCOC(=O)c1sc(C=CCCS)nc1C. The minimum Gasteiger partial charge on any atom is -0.462 e. The van der Waals surface area contributed by atoms with E-state index in [4.69, 9.17) is 4.74 Å². The lowest BCUT2D eigenvalue weighted by Gasteiger charge is -1.97. The van der Waals surface area contributed by atoms with Crippen LogP contribution in [0, 0.1) is 6.92 Å². The van der Waals surface area contributed by atoms with Gasteiger partial charge in [0.25, 0.3) is 0 Å². The normalized spacial score (nSPS) is 10.9. The Balaban J connectivity index is 2.77. The van der Waals surface area contributed by atoms with Gasteiger partial charge in [-0.3, -0.25) is 0 Å². The van der Waals surface area contributed by atoms with E-state index in [9.17, 15) is 4.79 Å². The molecule has 0 radical (unpaired) electrons. The van der Waals surface area contributed by atoms with Crippen molar-refractivity contribution in [3.05, 3.63) is 21.7 Å². The van der Waals surface area contributed by atoms with Crippen LogP contribution in [0.2, 0.25) is 0 Å². The summed E-state index contributed by atoms with van der Waals surface area (Å²) < 4.78 is 4.94. The van der Waals surface area contributed by atoms with Crippen LogP contribution in [0.4, 0.5) is 0 Å². The van der Waals surface area contributed by atoms with Crippen LogP contribution in [-0.2, 0) is 4.74 Å². The van der Waals surface area contributed by atoms with Gasteiger partial charge in [0.05, 0.1) is 12.3 Å². The zero-order valence-corrected chi connectivity index (χ0v) is 11.1. The second kappa shape index (κ2) is 6.70. The van der Waals surface area contributed by atoms with Crippen molar-refractivity contribution < 1.29 is 9.53 Å². The topological polar surface area (TPSA) is 39.2 Å². The summed E-state index contributed by atoms with van der Waals surface area (Å²) in [5, 5.41) is 0.835. The van der Waals surface area contributed by atoms with Crippen molar-refractivity contribution in [2.24, 2.45) is 0 Å². The number of esters is 1. The average molecular weight is 257 g/mol. The van der Waals surface area contributed by atoms with E-state index in [1.807, 2.05) is 19.1 Å². The number of hydrogen-bond acceptors (Lipinski definition) is 5. The van der Waals surface area contributed by atoms with Gasteiger partial charge in [0, 0.05) is 0 Å². The third-order valence-electron chi connectivity index (χ3n) is 1.83. The number of allylic oxidation sites excluding steroid dienone is 1. The predicted molar refractivity (Wildman–Crippen MR) is 70.3 cm³/mol. The zero-order valence-electron chi connectivity index (χ0n) is 9.40. The van der Waals surface area contributed by atoms with Crippen molar-refractivity contribution in [2.75, 3.05) is 12.4 Å². The molecule has 0 aliphatic heterocycles. The lowest BCUT2D eigenvalue weighted by atomic mass is 10.4. The molecule has 88 valence electrons. The third-order valence-corrected chi connectivity index (χ3v) is 3.19. The van der Waals surface area contributed by atoms with Gasteiger partial charge in [0.1, 0.15) is 9.88 Å². The standard InChI is InChI=1S/C11H15NO2S2/c1-3-14-11(13)10-8(2)12-9(16-10)6-4-5-7-15/h4,6,15H,3,5,7H2,1-2H3. The molecule has 1 heterocycles. The molecule has 1 aromatic heterocycles. The Morgan fingerprint density at radius 2 is 2.38 bits per heavy atom. The van der Waals surface area contributed by atoms with Crippen LogP contribution < -0.4 is 0 Å². The van der Waals surface area contributed by atoms with Crippen molar-refractivity contribution in [3.8, 4) is 0 Å². The molecule has 0 spiro atoms. The molecule has 16 heavy (non-hydrogen) atoms. The van der Waals surface area contributed by atoms with Gasteiger partial charge in [-0.1, -0.05) is 6.08 Å². The van der Waals surface area contributed by atoms with E-state index in [1.165, 1.54) is 11.3 Å². The summed E-state index contributed by atoms with van der Waals surface area (Å²) in [7, 11) is 0. The minimum atomic E-state index is -0.286. The number of ether oxygens (including phenoxy) is 1. The van der Waals surface area contributed by atoms with Gasteiger partial charge in [-0.25, -0.2) is 9.78 Å². The second-order valence-corrected chi connectivity index (χ2v) is 4.58. The average Bonchev–Trinajstić information content (AvgIpc) is 2.61. The monoisotopic (exact) mass is 257 g/mol. The maximum Gasteiger partial charge on any atom is 0.350 e. The smallest absolute Gasteiger partial charge is 0.350 e. The predicted octanol–water partition coefficient (Wildman–Crippen LogP) is 2.96. The number of aromatic nitrogens is 1. The fourth-order valence-corrected chi connectivity index (χ4v) is 2.17. The van der Waals surface area contributed by atoms with E-state index in [1.54, 1.807) is 6.92 Å². The van der Waals surface area contributed by atoms with E-state index >= 15 is 0 Å². The van der Waals surface area contributed by atoms with Crippen molar-refractivity contribution >= 4 is 36.0 Å². The molecule has 0 atom stereocenters. The van der Waals surface area contributed by atoms with Crippen molar-refractivity contribution in [3.63, 3.8) is 0 Å². The molecule has 5 heteroatoms. The van der Waals surface area contributed by atoms with Gasteiger partial charge >= 0.3 is 5.97 Å². The van der Waals surface area contributed by atoms with E-state index in [-0.39, 0.29) is 5.97 Å². The highest BCUT2D eigenvalue weighted by molar-refractivity contribution is 7.80. The Hall–Kier alpha value is -0.810. The summed E-state index contributed by atoms with van der Waals surface area (Å²) in [5.74, 6) is 0.525. The summed E-state index contributed by atoms with van der Waals surface area (Å²) in [6, 6.07) is 0. The molecule has 0 fully saturated rings. The number of thiol groups is 1. The zero-order chi connectivity index (χ0) is 12.0. The molecule has 1 rings (SSSR count). The van der Waals surface area contributed by atoms with Gasteiger partial charge < -0.3 is 4.74 Å². The number of carbonyl (C=O) groups excluding carboxylic acids is 1. The number of hydrogen-bond donors (Lipinski definition) is 1. The lowest BCUT2D eigenvalue weighted by Crippen LogP contribution is -2.03. The van der Waals surface area contributed by atoms with E-state index in [2.05, 4.69) is 17.6 Å². The highest BCUT2D eigenvalue weighted by atomic mass is 32.1. The van der Waals surface area contributed by atoms with Gasteiger partial charge in [-0.05, 0) is 32.1 Å². The number of rotatable bonds is 5. The first-order valence-electron chi connectivity index (χ1n) is 5.11. The minimum absolute atomic E-state index is 0.286. The van der Waals surface area contributed by atoms with E-state index in [0.29, 0.717) is 11.5 Å². The second-order valence-electron chi connectivity index (χ2n) is 3.10. The molecule has 0 unspecified atom stereocenters. The highest BCUT2D eigenvalue weighted by Crippen LogP contribution is 2.20. The summed E-state index contributed by atoms with van der Waals surface area (Å²) in [6.07, 6.45) is 4.81. The van der Waals surface area contributed by atoms with Crippen LogP contribution in [0.1, 0.15) is 33.7 Å². The number of nitrogens with zero attached hydrogens (tertiary/aromatic N) is 1. The molecule has 0 saturated carbocycles. The van der Waals surface area contributed by atoms with Crippen LogP contribution >= 0.6 is 24.0 Å². The molecule has 0 amide bonds. The first-order valence-corrected chi connectivity index (χ1v) is 6.55. The fraction of sp³-hybridized carbons (Fsp3) is 0.455. The van der Waals surface area contributed by atoms with Gasteiger partial charge in [0.2, 0.25) is 0 Å². The molecule has 0 aliphatic rings. The van der Waals surface area contributed by atoms with Gasteiger partial charge in [0.15, 0.2) is 0 Å². The van der Waals surface area contributed by atoms with Crippen LogP contribution in [0.3, 0.4) is 0 Å². The Morgan fingerprint density at radius 1 is 1.62 bits per heavy atom. The summed E-state index contributed by atoms with van der Waals surface area (Å²) in [6.45, 7) is 4.00. The molecular formula is C11H15NO2S2. The quantitative estimate of drug-likeness (QED) is 0.651. The van der Waals surface area contributed by atoms with Crippen molar-refractivity contribution in [1.82, 2.24) is 4.98 Å². The molecule has 0 aliphatic carbocycles. The van der Waals surface area contributed by atoms with Crippen LogP contribution in [-0.4, -0.2) is 23.3 Å².